The van der Waals surface area contributed by atoms with E-state index in [0.717, 1.165) is 53.1 Å². The molecule has 1 amide bonds. The van der Waals surface area contributed by atoms with Gasteiger partial charge in [-0.25, -0.2) is 9.78 Å². The Balaban J connectivity index is 1.43. The van der Waals surface area contributed by atoms with E-state index < -0.39 is 5.97 Å². The fourth-order valence-electron chi connectivity index (χ4n) is 5.03. The number of aliphatic carboxylic acids is 1. The minimum atomic E-state index is -0.742. The van der Waals surface area contributed by atoms with Crippen molar-refractivity contribution in [2.24, 2.45) is 5.92 Å². The largest absolute Gasteiger partial charge is 0.489 e. The summed E-state index contributed by atoms with van der Waals surface area (Å²) in [5, 5.41) is 11.4. The van der Waals surface area contributed by atoms with E-state index in [1.54, 1.807) is 16.2 Å². The highest BCUT2D eigenvalue weighted by atomic mass is 32.1. The van der Waals surface area contributed by atoms with Gasteiger partial charge in [-0.2, -0.15) is 0 Å². The Bertz CT molecular complexity index is 1030. The molecule has 4 rings (SSSR count). The minimum Gasteiger partial charge on any atom is -0.489 e. The molecule has 1 N–H and O–H groups in total. The van der Waals surface area contributed by atoms with Crippen molar-refractivity contribution >= 4 is 23.4 Å². The van der Waals surface area contributed by atoms with Gasteiger partial charge in [-0.05, 0) is 64.5 Å². The monoisotopic (exact) mass is 486 g/mol. The number of rotatable bonds is 7. The molecule has 0 radical (unpaired) electrons. The highest BCUT2D eigenvalue weighted by Gasteiger charge is 2.29. The number of ether oxygens (including phenoxy) is 2. The van der Waals surface area contributed by atoms with Crippen molar-refractivity contribution in [3.8, 4) is 17.0 Å². The second kappa shape index (κ2) is 10.8. The average molecular weight is 487 g/mol. The normalized spacial score (nSPS) is 20.8. The molecule has 184 valence electrons. The molecule has 0 saturated heterocycles. The van der Waals surface area contributed by atoms with Crippen LogP contribution in [-0.2, 0) is 16.1 Å². The second-order valence-corrected chi connectivity index (χ2v) is 10.6. The second-order valence-electron chi connectivity index (χ2n) is 9.51. The standard InChI is InChI=1S/C26H34N2O5S/c1-16-24(33-20-10-6-7-18(13-20)25(29)30)12-11-23(27-16)22-15-34-17(2)21(22)14-32-26(31)28(3)19-8-4-5-9-19/h11-12,15,18-20H,4-10,13-14H2,1-3H3,(H,29,30)/t18-,20-/m0/s1. The van der Waals surface area contributed by atoms with Gasteiger partial charge in [0, 0.05) is 34.5 Å². The Kier molecular flexibility index (Phi) is 7.76. The summed E-state index contributed by atoms with van der Waals surface area (Å²) in [5.41, 5.74) is 3.53. The van der Waals surface area contributed by atoms with Gasteiger partial charge in [0.2, 0.25) is 0 Å². The number of aryl methyl sites for hydroxylation is 2. The zero-order chi connectivity index (χ0) is 24.2. The lowest BCUT2D eigenvalue weighted by Crippen LogP contribution is -2.35. The van der Waals surface area contributed by atoms with Crippen LogP contribution in [0.1, 0.15) is 67.5 Å². The molecular weight excluding hydrogens is 452 g/mol. The maximum Gasteiger partial charge on any atom is 0.410 e. The Morgan fingerprint density at radius 3 is 2.62 bits per heavy atom. The van der Waals surface area contributed by atoms with Gasteiger partial charge in [-0.1, -0.05) is 12.8 Å². The Labute approximate surface area is 205 Å². The van der Waals surface area contributed by atoms with Gasteiger partial charge in [-0.15, -0.1) is 11.3 Å². The number of nitrogens with zero attached hydrogens (tertiary/aromatic N) is 2. The Morgan fingerprint density at radius 2 is 1.91 bits per heavy atom. The van der Waals surface area contributed by atoms with Crippen molar-refractivity contribution in [2.45, 2.75) is 84.0 Å². The SMILES string of the molecule is Cc1nc(-c2csc(C)c2COC(=O)N(C)C2CCCC2)ccc1O[C@H]1CCC[C@H](C(=O)O)C1. The zero-order valence-electron chi connectivity index (χ0n) is 20.2. The van der Waals surface area contributed by atoms with Gasteiger partial charge in [0.1, 0.15) is 12.4 Å². The number of carboxylic acid groups (broad SMARTS) is 1. The van der Waals surface area contributed by atoms with E-state index in [-0.39, 0.29) is 30.8 Å². The molecule has 2 aliphatic carbocycles. The smallest absolute Gasteiger partial charge is 0.410 e. The summed E-state index contributed by atoms with van der Waals surface area (Å²) in [7, 11) is 1.83. The Hall–Kier alpha value is -2.61. The van der Waals surface area contributed by atoms with E-state index in [0.29, 0.717) is 18.6 Å². The van der Waals surface area contributed by atoms with E-state index in [4.69, 9.17) is 14.5 Å². The Morgan fingerprint density at radius 1 is 1.15 bits per heavy atom. The van der Waals surface area contributed by atoms with Crippen LogP contribution in [0.15, 0.2) is 17.5 Å². The predicted molar refractivity (Wildman–Crippen MR) is 131 cm³/mol. The molecule has 2 aliphatic rings. The number of thiophene rings is 1. The molecule has 0 unspecified atom stereocenters. The van der Waals surface area contributed by atoms with Crippen LogP contribution in [0.2, 0.25) is 0 Å². The van der Waals surface area contributed by atoms with Crippen LogP contribution < -0.4 is 4.74 Å². The molecule has 0 bridgehead atoms. The van der Waals surface area contributed by atoms with Crippen LogP contribution in [0.25, 0.3) is 11.3 Å². The summed E-state index contributed by atoms with van der Waals surface area (Å²) in [6.07, 6.45) is 7.02. The van der Waals surface area contributed by atoms with Gasteiger partial charge >= 0.3 is 12.1 Å². The highest BCUT2D eigenvalue weighted by Crippen LogP contribution is 2.34. The van der Waals surface area contributed by atoms with E-state index in [1.807, 2.05) is 33.0 Å². The number of carbonyl (C=O) groups is 2. The van der Waals surface area contributed by atoms with Crippen LogP contribution in [0.3, 0.4) is 0 Å². The average Bonchev–Trinajstić information content (AvgIpc) is 3.48. The molecule has 0 aromatic carbocycles. The van der Waals surface area contributed by atoms with E-state index >= 15 is 0 Å². The van der Waals surface area contributed by atoms with Gasteiger partial charge in [0.25, 0.3) is 0 Å². The number of carbonyl (C=O) groups excluding carboxylic acids is 1. The topological polar surface area (TPSA) is 89.0 Å². The van der Waals surface area contributed by atoms with Gasteiger partial charge in [0.05, 0.1) is 23.4 Å². The van der Waals surface area contributed by atoms with Gasteiger partial charge in [0.15, 0.2) is 0 Å². The van der Waals surface area contributed by atoms with Crippen LogP contribution in [0, 0.1) is 19.8 Å². The number of aromatic nitrogens is 1. The highest BCUT2D eigenvalue weighted by molar-refractivity contribution is 7.10. The summed E-state index contributed by atoms with van der Waals surface area (Å²) >= 11 is 1.62. The number of hydrogen-bond donors (Lipinski definition) is 1. The molecule has 2 fully saturated rings. The summed E-state index contributed by atoms with van der Waals surface area (Å²) < 4.78 is 11.8. The third-order valence-corrected chi connectivity index (χ3v) is 8.14. The first kappa shape index (κ1) is 24.5. The van der Waals surface area contributed by atoms with Crippen molar-refractivity contribution in [1.82, 2.24) is 9.88 Å². The fraction of sp³-hybridized carbons (Fsp3) is 0.577. The minimum absolute atomic E-state index is 0.101. The number of amides is 1. The van der Waals surface area contributed by atoms with Crippen molar-refractivity contribution in [3.63, 3.8) is 0 Å². The van der Waals surface area contributed by atoms with Crippen LogP contribution in [0.4, 0.5) is 4.79 Å². The lowest BCUT2D eigenvalue weighted by molar-refractivity contribution is -0.143. The summed E-state index contributed by atoms with van der Waals surface area (Å²) in [4.78, 5) is 31.5. The quantitative estimate of drug-likeness (QED) is 0.519. The van der Waals surface area contributed by atoms with Crippen molar-refractivity contribution in [1.29, 1.82) is 0 Å². The molecular formula is C26H34N2O5S. The number of carboxylic acids is 1. The van der Waals surface area contributed by atoms with Crippen LogP contribution in [-0.4, -0.2) is 46.2 Å². The molecule has 7 nitrogen and oxygen atoms in total. The zero-order valence-corrected chi connectivity index (χ0v) is 21.0. The van der Waals surface area contributed by atoms with Crippen molar-refractivity contribution < 1.29 is 24.2 Å². The van der Waals surface area contributed by atoms with E-state index in [1.165, 1.54) is 12.8 Å². The molecule has 2 aromatic heterocycles. The van der Waals surface area contributed by atoms with Gasteiger partial charge < -0.3 is 19.5 Å². The summed E-state index contributed by atoms with van der Waals surface area (Å²) in [6, 6.07) is 4.12. The van der Waals surface area contributed by atoms with E-state index in [2.05, 4.69) is 5.38 Å². The molecule has 2 heterocycles. The maximum absolute atomic E-state index is 12.6. The molecule has 0 spiro atoms. The molecule has 2 atom stereocenters. The first-order valence-corrected chi connectivity index (χ1v) is 13.1. The predicted octanol–water partition coefficient (Wildman–Crippen LogP) is 5.96. The molecule has 0 aliphatic heterocycles. The molecule has 8 heteroatoms. The third kappa shape index (κ3) is 5.54. The lowest BCUT2D eigenvalue weighted by Gasteiger charge is -2.27. The first-order valence-electron chi connectivity index (χ1n) is 12.2. The number of pyridine rings is 1. The summed E-state index contributed by atoms with van der Waals surface area (Å²) in [5.74, 6) is -0.384. The van der Waals surface area contributed by atoms with Crippen LogP contribution in [0.5, 0.6) is 5.75 Å². The van der Waals surface area contributed by atoms with Crippen molar-refractivity contribution in [2.75, 3.05) is 7.05 Å². The fourth-order valence-corrected chi connectivity index (χ4v) is 5.90. The summed E-state index contributed by atoms with van der Waals surface area (Å²) in [6.45, 7) is 4.16. The lowest BCUT2D eigenvalue weighted by atomic mass is 9.87. The number of hydrogen-bond acceptors (Lipinski definition) is 6. The van der Waals surface area contributed by atoms with Gasteiger partial charge in [-0.3, -0.25) is 4.79 Å². The molecule has 2 saturated carbocycles. The van der Waals surface area contributed by atoms with Crippen LogP contribution >= 0.6 is 11.3 Å². The first-order chi connectivity index (χ1) is 16.3. The maximum atomic E-state index is 12.6. The third-order valence-electron chi connectivity index (χ3n) is 7.19. The molecule has 2 aromatic rings. The van der Waals surface area contributed by atoms with Crippen molar-refractivity contribution in [3.05, 3.63) is 33.6 Å². The molecule has 34 heavy (non-hydrogen) atoms. The van der Waals surface area contributed by atoms with E-state index in [9.17, 15) is 14.7 Å².